The zero-order valence-electron chi connectivity index (χ0n) is 12.5. The summed E-state index contributed by atoms with van der Waals surface area (Å²) in [5.74, 6) is 0.827. The van der Waals surface area contributed by atoms with E-state index in [0.717, 1.165) is 17.4 Å². The molecule has 0 saturated carbocycles. The summed E-state index contributed by atoms with van der Waals surface area (Å²) in [4.78, 5) is 1.59. The molecule has 1 aliphatic rings. The van der Waals surface area contributed by atoms with E-state index in [1.807, 2.05) is 16.3 Å². The Labute approximate surface area is 131 Å². The fourth-order valence-electron chi connectivity index (χ4n) is 3.14. The minimum Gasteiger partial charge on any atom is -0.316 e. The van der Waals surface area contributed by atoms with Gasteiger partial charge in [-0.05, 0) is 43.0 Å². The van der Waals surface area contributed by atoms with Crippen molar-refractivity contribution >= 4 is 12.2 Å². The van der Waals surface area contributed by atoms with Crippen molar-refractivity contribution in [3.8, 4) is 0 Å². The van der Waals surface area contributed by atoms with Crippen molar-refractivity contribution in [2.45, 2.75) is 25.9 Å². The van der Waals surface area contributed by atoms with Gasteiger partial charge in [0.1, 0.15) is 6.33 Å². The molecule has 4 nitrogen and oxygen atoms in total. The number of nitrogens with zero attached hydrogens (tertiary/aromatic N) is 3. The largest absolute Gasteiger partial charge is 0.316 e. The van der Waals surface area contributed by atoms with E-state index in [0.29, 0.717) is 0 Å². The van der Waals surface area contributed by atoms with E-state index >= 15 is 0 Å². The first-order valence-corrected chi connectivity index (χ1v) is 8.09. The van der Waals surface area contributed by atoms with E-state index in [-0.39, 0.29) is 0 Å². The molecule has 112 valence electrons. The molecule has 0 aliphatic carbocycles. The van der Waals surface area contributed by atoms with E-state index in [1.54, 1.807) is 11.2 Å². The summed E-state index contributed by atoms with van der Waals surface area (Å²) in [5, 5.41) is 4.35. The molecule has 1 saturated heterocycles. The number of hydrogen-bond donors (Lipinski definition) is 1. The predicted octanol–water partition coefficient (Wildman–Crippen LogP) is 1.45. The van der Waals surface area contributed by atoms with Gasteiger partial charge in [0.15, 0.2) is 6.67 Å². The van der Waals surface area contributed by atoms with Gasteiger partial charge in [-0.15, -0.1) is 0 Å². The van der Waals surface area contributed by atoms with E-state index in [9.17, 15) is 0 Å². The Morgan fingerprint density at radius 3 is 2.57 bits per heavy atom. The Morgan fingerprint density at radius 1 is 1.24 bits per heavy atom. The molecule has 21 heavy (non-hydrogen) atoms. The van der Waals surface area contributed by atoms with Crippen molar-refractivity contribution in [3.05, 3.63) is 47.0 Å². The van der Waals surface area contributed by atoms with Crippen LogP contribution in [0.2, 0.25) is 0 Å². The van der Waals surface area contributed by atoms with Crippen molar-refractivity contribution in [1.29, 1.82) is 0 Å². The van der Waals surface area contributed by atoms with E-state index in [4.69, 9.17) is 12.2 Å². The maximum Gasteiger partial charge on any atom is 0.202 e. The highest BCUT2D eigenvalue weighted by Crippen LogP contribution is 2.16. The van der Waals surface area contributed by atoms with Crippen LogP contribution in [0.4, 0.5) is 0 Å². The lowest BCUT2D eigenvalue weighted by Gasteiger charge is -2.29. The Hall–Kier alpha value is -1.46. The van der Waals surface area contributed by atoms with E-state index < -0.39 is 0 Å². The van der Waals surface area contributed by atoms with Crippen LogP contribution in [0, 0.1) is 10.7 Å². The van der Waals surface area contributed by atoms with E-state index in [2.05, 4.69) is 35.4 Å². The number of aryl methyl sites for hydroxylation is 1. The van der Waals surface area contributed by atoms with Gasteiger partial charge in [0.2, 0.25) is 4.77 Å². The van der Waals surface area contributed by atoms with Crippen molar-refractivity contribution < 1.29 is 4.90 Å². The van der Waals surface area contributed by atoms with Gasteiger partial charge in [0, 0.05) is 7.05 Å². The van der Waals surface area contributed by atoms with Crippen LogP contribution in [0.25, 0.3) is 0 Å². The quantitative estimate of drug-likeness (QED) is 0.866. The van der Waals surface area contributed by atoms with E-state index in [1.165, 1.54) is 37.9 Å². The Morgan fingerprint density at radius 2 is 1.95 bits per heavy atom. The molecule has 5 heteroatoms. The lowest BCUT2D eigenvalue weighted by molar-refractivity contribution is -0.929. The zero-order valence-corrected chi connectivity index (χ0v) is 13.4. The number of nitrogens with one attached hydrogen (secondary N) is 1. The number of rotatable bonds is 4. The Balaban J connectivity index is 1.51. The van der Waals surface area contributed by atoms with Crippen LogP contribution < -0.4 is 4.90 Å². The molecule has 1 fully saturated rings. The summed E-state index contributed by atoms with van der Waals surface area (Å²) in [5.41, 5.74) is 1.47. The monoisotopic (exact) mass is 303 g/mol. The van der Waals surface area contributed by atoms with Gasteiger partial charge in [0.25, 0.3) is 0 Å². The topological polar surface area (TPSA) is 27.2 Å². The second-order valence-corrected chi connectivity index (χ2v) is 6.43. The number of aromatic nitrogens is 3. The van der Waals surface area contributed by atoms with Gasteiger partial charge >= 0.3 is 0 Å². The van der Waals surface area contributed by atoms with Crippen molar-refractivity contribution in [2.75, 3.05) is 13.1 Å². The van der Waals surface area contributed by atoms with Crippen LogP contribution in [-0.2, 0) is 20.1 Å². The molecule has 1 aromatic heterocycles. The van der Waals surface area contributed by atoms with Crippen molar-refractivity contribution in [2.24, 2.45) is 13.0 Å². The second kappa shape index (κ2) is 6.54. The average molecular weight is 303 g/mol. The number of piperidine rings is 1. The van der Waals surface area contributed by atoms with Gasteiger partial charge in [-0.2, -0.15) is 9.78 Å². The smallest absolute Gasteiger partial charge is 0.202 e. The lowest BCUT2D eigenvalue weighted by atomic mass is 9.90. The van der Waals surface area contributed by atoms with Crippen molar-refractivity contribution in [1.82, 2.24) is 14.3 Å². The molecular weight excluding hydrogens is 280 g/mol. The lowest BCUT2D eigenvalue weighted by Crippen LogP contribution is -3.12. The first-order valence-electron chi connectivity index (χ1n) is 7.68. The third kappa shape index (κ3) is 3.60. The molecule has 0 bridgehead atoms. The van der Waals surface area contributed by atoms with Gasteiger partial charge in [-0.1, -0.05) is 30.3 Å². The summed E-state index contributed by atoms with van der Waals surface area (Å²) in [7, 11) is 1.95. The molecule has 0 spiro atoms. The fourth-order valence-corrected chi connectivity index (χ4v) is 3.30. The van der Waals surface area contributed by atoms with Gasteiger partial charge in [-0.25, -0.2) is 0 Å². The highest BCUT2D eigenvalue weighted by molar-refractivity contribution is 7.71. The zero-order chi connectivity index (χ0) is 14.7. The molecule has 2 aromatic rings. The molecule has 0 atom stereocenters. The normalized spacial score (nSPS) is 22.3. The van der Waals surface area contributed by atoms with Crippen LogP contribution in [0.15, 0.2) is 36.7 Å². The standard InChI is InChI=1S/C16H22N4S/c1-18-12-17-20(16(18)21)13-19-9-7-15(8-10-19)11-14-5-3-2-4-6-14/h2-6,12,15H,7-11,13H2,1H3/p+1. The minimum absolute atomic E-state index is 0.814. The van der Waals surface area contributed by atoms with Gasteiger partial charge < -0.3 is 9.47 Å². The van der Waals surface area contributed by atoms with Gasteiger partial charge in [0.05, 0.1) is 13.1 Å². The highest BCUT2D eigenvalue weighted by atomic mass is 32.1. The van der Waals surface area contributed by atoms with Crippen molar-refractivity contribution in [3.63, 3.8) is 0 Å². The third-order valence-corrected chi connectivity index (χ3v) is 4.94. The highest BCUT2D eigenvalue weighted by Gasteiger charge is 2.22. The summed E-state index contributed by atoms with van der Waals surface area (Å²) in [6, 6.07) is 10.8. The Bertz CT molecular complexity index is 623. The van der Waals surface area contributed by atoms with Crippen LogP contribution in [0.1, 0.15) is 18.4 Å². The number of benzene rings is 1. The molecule has 2 heterocycles. The molecular formula is C16H23N4S+. The Kier molecular flexibility index (Phi) is 4.51. The third-order valence-electron chi connectivity index (χ3n) is 4.44. The minimum atomic E-state index is 0.814. The van der Waals surface area contributed by atoms with Crippen LogP contribution in [-0.4, -0.2) is 27.4 Å². The summed E-state index contributed by atoms with van der Waals surface area (Å²) in [6.07, 6.45) is 5.61. The van der Waals surface area contributed by atoms with Crippen LogP contribution >= 0.6 is 12.2 Å². The molecule has 1 aliphatic heterocycles. The average Bonchev–Trinajstić information content (AvgIpc) is 2.82. The molecule has 0 radical (unpaired) electrons. The van der Waals surface area contributed by atoms with Crippen LogP contribution in [0.5, 0.6) is 0 Å². The molecule has 0 amide bonds. The first kappa shape index (κ1) is 14.5. The summed E-state index contributed by atoms with van der Waals surface area (Å²) < 4.78 is 4.66. The molecule has 1 aromatic carbocycles. The summed E-state index contributed by atoms with van der Waals surface area (Å²) in [6.45, 7) is 3.34. The maximum absolute atomic E-state index is 5.36. The maximum atomic E-state index is 5.36. The molecule has 1 N–H and O–H groups in total. The predicted molar refractivity (Wildman–Crippen MR) is 85.6 cm³/mol. The number of hydrogen-bond acceptors (Lipinski definition) is 2. The first-order chi connectivity index (χ1) is 10.2. The number of quaternary nitrogens is 1. The van der Waals surface area contributed by atoms with Gasteiger partial charge in [-0.3, -0.25) is 0 Å². The second-order valence-electron chi connectivity index (χ2n) is 6.07. The molecule has 3 rings (SSSR count). The number of likely N-dealkylation sites (tertiary alicyclic amines) is 1. The molecule has 0 unspecified atom stereocenters. The summed E-state index contributed by atoms with van der Waals surface area (Å²) >= 11 is 5.36. The SMILES string of the molecule is Cn1cnn(C[NH+]2CCC(Cc3ccccc3)CC2)c1=S. The fraction of sp³-hybridized carbons (Fsp3) is 0.500. The van der Waals surface area contributed by atoms with Crippen LogP contribution in [0.3, 0.4) is 0 Å².